The summed E-state index contributed by atoms with van der Waals surface area (Å²) in [5.74, 6) is 1.73. The lowest BCUT2D eigenvalue weighted by molar-refractivity contribution is 0.867. The minimum atomic E-state index is 0.758. The van der Waals surface area contributed by atoms with Gasteiger partial charge < -0.3 is 0 Å². The molecule has 0 radical (unpaired) electrons. The van der Waals surface area contributed by atoms with Gasteiger partial charge in [0.05, 0.1) is 0 Å². The summed E-state index contributed by atoms with van der Waals surface area (Å²) in [7, 11) is 0. The molecular weight excluding hydrogens is 326 g/mol. The predicted molar refractivity (Wildman–Crippen MR) is 96.5 cm³/mol. The van der Waals surface area contributed by atoms with Crippen LogP contribution in [-0.4, -0.2) is 14.8 Å². The highest BCUT2D eigenvalue weighted by molar-refractivity contribution is 7.98. The first-order valence-electron chi connectivity index (χ1n) is 7.56. The number of halogens is 1. The van der Waals surface area contributed by atoms with Crippen molar-refractivity contribution in [2.75, 3.05) is 0 Å². The van der Waals surface area contributed by atoms with E-state index < -0.39 is 0 Å². The van der Waals surface area contributed by atoms with Gasteiger partial charge in [-0.3, -0.25) is 4.57 Å². The molecule has 0 aliphatic heterocycles. The van der Waals surface area contributed by atoms with Gasteiger partial charge in [0.1, 0.15) is 5.82 Å². The molecule has 118 valence electrons. The van der Waals surface area contributed by atoms with E-state index in [0.717, 1.165) is 33.9 Å². The van der Waals surface area contributed by atoms with Crippen LogP contribution in [0, 0.1) is 6.92 Å². The Bertz CT molecular complexity index is 779. The fourth-order valence-corrected chi connectivity index (χ4v) is 3.42. The number of benzene rings is 2. The van der Waals surface area contributed by atoms with Gasteiger partial charge >= 0.3 is 0 Å². The van der Waals surface area contributed by atoms with Crippen LogP contribution in [0.25, 0.3) is 5.69 Å². The van der Waals surface area contributed by atoms with Gasteiger partial charge in [-0.05, 0) is 48.7 Å². The molecule has 0 spiro atoms. The molecule has 0 atom stereocenters. The Morgan fingerprint density at radius 1 is 0.957 bits per heavy atom. The summed E-state index contributed by atoms with van der Waals surface area (Å²) in [4.78, 5) is 0. The van der Waals surface area contributed by atoms with Crippen molar-refractivity contribution in [3.63, 3.8) is 0 Å². The zero-order chi connectivity index (χ0) is 16.2. The Balaban J connectivity index is 1.81. The number of rotatable bonds is 5. The maximum absolute atomic E-state index is 5.93. The lowest BCUT2D eigenvalue weighted by Crippen LogP contribution is -1.99. The van der Waals surface area contributed by atoms with Crippen molar-refractivity contribution < 1.29 is 0 Å². The standard InChI is InChI=1S/C18H18ClN3S/c1-3-14-6-10-17(11-7-14)22-13(2)20-21-18(22)23-12-15-4-8-16(19)9-5-15/h4-11H,3,12H2,1-2H3. The smallest absolute Gasteiger partial charge is 0.196 e. The zero-order valence-corrected chi connectivity index (χ0v) is 14.7. The maximum atomic E-state index is 5.93. The number of hydrogen-bond acceptors (Lipinski definition) is 3. The van der Waals surface area contributed by atoms with Gasteiger partial charge in [0.25, 0.3) is 0 Å². The molecule has 0 aliphatic rings. The van der Waals surface area contributed by atoms with E-state index >= 15 is 0 Å². The molecule has 3 nitrogen and oxygen atoms in total. The first-order chi connectivity index (χ1) is 11.2. The third kappa shape index (κ3) is 3.77. The van der Waals surface area contributed by atoms with Gasteiger partial charge in [-0.25, -0.2) is 0 Å². The van der Waals surface area contributed by atoms with Crippen LogP contribution in [0.15, 0.2) is 53.7 Å². The summed E-state index contributed by atoms with van der Waals surface area (Å²) >= 11 is 7.61. The lowest BCUT2D eigenvalue weighted by Gasteiger charge is -2.09. The van der Waals surface area contributed by atoms with Gasteiger partial charge in [-0.15, -0.1) is 10.2 Å². The number of aromatic nitrogens is 3. The molecule has 2 aromatic carbocycles. The SMILES string of the molecule is CCc1ccc(-n2c(C)nnc2SCc2ccc(Cl)cc2)cc1. The third-order valence-corrected chi connectivity index (χ3v) is 4.93. The average molecular weight is 344 g/mol. The Morgan fingerprint density at radius 2 is 1.61 bits per heavy atom. The van der Waals surface area contributed by atoms with Crippen LogP contribution in [0.4, 0.5) is 0 Å². The Kier molecular flexibility index (Phi) is 5.03. The normalized spacial score (nSPS) is 10.9. The molecule has 3 rings (SSSR count). The van der Waals surface area contributed by atoms with Crippen molar-refractivity contribution in [2.24, 2.45) is 0 Å². The fourth-order valence-electron chi connectivity index (χ4n) is 2.34. The van der Waals surface area contributed by atoms with Gasteiger partial charge in [0, 0.05) is 16.5 Å². The number of hydrogen-bond donors (Lipinski definition) is 0. The predicted octanol–water partition coefficient (Wildman–Crippen LogP) is 5.08. The molecule has 0 bridgehead atoms. The Labute approximate surface area is 145 Å². The Hall–Kier alpha value is -1.78. The molecule has 0 saturated heterocycles. The molecule has 0 N–H and O–H groups in total. The van der Waals surface area contributed by atoms with Gasteiger partial charge in [-0.1, -0.05) is 54.6 Å². The van der Waals surface area contributed by atoms with Gasteiger partial charge in [0.15, 0.2) is 5.16 Å². The van der Waals surface area contributed by atoms with E-state index in [1.165, 1.54) is 11.1 Å². The van der Waals surface area contributed by atoms with Crippen LogP contribution >= 0.6 is 23.4 Å². The van der Waals surface area contributed by atoms with Gasteiger partial charge in [0.2, 0.25) is 0 Å². The van der Waals surface area contributed by atoms with Crippen molar-refractivity contribution in [2.45, 2.75) is 31.2 Å². The van der Waals surface area contributed by atoms with Crippen molar-refractivity contribution >= 4 is 23.4 Å². The first-order valence-corrected chi connectivity index (χ1v) is 8.92. The van der Waals surface area contributed by atoms with E-state index in [9.17, 15) is 0 Å². The van der Waals surface area contributed by atoms with Crippen LogP contribution in [-0.2, 0) is 12.2 Å². The summed E-state index contributed by atoms with van der Waals surface area (Å²) in [5.41, 5.74) is 3.64. The molecule has 0 unspecified atom stereocenters. The van der Waals surface area contributed by atoms with E-state index in [0.29, 0.717) is 0 Å². The van der Waals surface area contributed by atoms with Crippen molar-refractivity contribution in [3.05, 3.63) is 70.5 Å². The lowest BCUT2D eigenvalue weighted by atomic mass is 10.1. The van der Waals surface area contributed by atoms with Crippen LogP contribution < -0.4 is 0 Å². The zero-order valence-electron chi connectivity index (χ0n) is 13.2. The van der Waals surface area contributed by atoms with E-state index in [-0.39, 0.29) is 0 Å². The highest BCUT2D eigenvalue weighted by Crippen LogP contribution is 2.25. The molecule has 0 aliphatic carbocycles. The van der Waals surface area contributed by atoms with Crippen molar-refractivity contribution in [1.82, 2.24) is 14.8 Å². The largest absolute Gasteiger partial charge is 0.274 e. The van der Waals surface area contributed by atoms with E-state index in [1.807, 2.05) is 31.2 Å². The Morgan fingerprint density at radius 3 is 2.26 bits per heavy atom. The molecular formula is C18H18ClN3S. The number of nitrogens with zero attached hydrogens (tertiary/aromatic N) is 3. The van der Waals surface area contributed by atoms with Crippen LogP contribution in [0.3, 0.4) is 0 Å². The summed E-state index contributed by atoms with van der Waals surface area (Å²) in [6.07, 6.45) is 1.04. The molecule has 23 heavy (non-hydrogen) atoms. The monoisotopic (exact) mass is 343 g/mol. The third-order valence-electron chi connectivity index (χ3n) is 3.68. The number of thioether (sulfide) groups is 1. The second-order valence-corrected chi connectivity index (χ2v) is 6.68. The van der Waals surface area contributed by atoms with Crippen molar-refractivity contribution in [3.8, 4) is 5.69 Å². The van der Waals surface area contributed by atoms with Crippen molar-refractivity contribution in [1.29, 1.82) is 0 Å². The van der Waals surface area contributed by atoms with E-state index in [1.54, 1.807) is 11.8 Å². The minimum Gasteiger partial charge on any atom is -0.274 e. The van der Waals surface area contributed by atoms with E-state index in [2.05, 4.69) is 46.0 Å². The second kappa shape index (κ2) is 7.20. The molecule has 0 saturated carbocycles. The van der Waals surface area contributed by atoms with E-state index in [4.69, 9.17) is 11.6 Å². The van der Waals surface area contributed by atoms with Crippen LogP contribution in [0.2, 0.25) is 5.02 Å². The maximum Gasteiger partial charge on any atom is 0.196 e. The molecule has 3 aromatic rings. The molecule has 1 heterocycles. The molecule has 1 aromatic heterocycles. The quantitative estimate of drug-likeness (QED) is 0.605. The summed E-state index contributed by atoms with van der Waals surface area (Å²) in [6, 6.07) is 16.5. The summed E-state index contributed by atoms with van der Waals surface area (Å²) in [5, 5.41) is 10.2. The van der Waals surface area contributed by atoms with Crippen LogP contribution in [0.1, 0.15) is 23.9 Å². The minimum absolute atomic E-state index is 0.758. The molecule has 0 fully saturated rings. The highest BCUT2D eigenvalue weighted by Gasteiger charge is 2.11. The van der Waals surface area contributed by atoms with Crippen LogP contribution in [0.5, 0.6) is 0 Å². The highest BCUT2D eigenvalue weighted by atomic mass is 35.5. The molecule has 0 amide bonds. The topological polar surface area (TPSA) is 30.7 Å². The first kappa shape index (κ1) is 16.1. The van der Waals surface area contributed by atoms with Gasteiger partial charge in [-0.2, -0.15) is 0 Å². The number of aryl methyl sites for hydroxylation is 2. The fraction of sp³-hybridized carbons (Fsp3) is 0.222. The average Bonchev–Trinajstić information content (AvgIpc) is 2.95. The molecule has 5 heteroatoms. The summed E-state index contributed by atoms with van der Waals surface area (Å²) < 4.78 is 2.10. The second-order valence-electron chi connectivity index (χ2n) is 5.30. The summed E-state index contributed by atoms with van der Waals surface area (Å²) in [6.45, 7) is 4.14.